The van der Waals surface area contributed by atoms with Crippen LogP contribution in [0.5, 0.6) is 0 Å². The number of amides is 1. The van der Waals surface area contributed by atoms with Gasteiger partial charge in [0.2, 0.25) is 0 Å². The van der Waals surface area contributed by atoms with E-state index in [1.807, 2.05) is 24.2 Å². The Morgan fingerprint density at radius 3 is 2.30 bits per heavy atom. The zero-order valence-corrected chi connectivity index (χ0v) is 13.4. The minimum atomic E-state index is 0.146. The SMILES string of the molecule is CN(C(=O)c1cc(Br)c[nH]1)C1C2CC3CC(C2)CC1C3. The first-order chi connectivity index (χ1) is 9.61. The lowest BCUT2D eigenvalue weighted by molar-refractivity contribution is -0.0492. The monoisotopic (exact) mass is 336 g/mol. The van der Waals surface area contributed by atoms with Crippen molar-refractivity contribution in [3.8, 4) is 0 Å². The van der Waals surface area contributed by atoms with E-state index in [0.717, 1.165) is 28.1 Å². The van der Waals surface area contributed by atoms with Gasteiger partial charge in [-0.15, -0.1) is 0 Å². The maximum Gasteiger partial charge on any atom is 0.270 e. The molecule has 20 heavy (non-hydrogen) atoms. The van der Waals surface area contributed by atoms with E-state index in [9.17, 15) is 4.79 Å². The maximum absolute atomic E-state index is 12.7. The number of rotatable bonds is 2. The van der Waals surface area contributed by atoms with E-state index >= 15 is 0 Å². The van der Waals surface area contributed by atoms with Crippen LogP contribution >= 0.6 is 15.9 Å². The molecule has 0 unspecified atom stereocenters. The van der Waals surface area contributed by atoms with Crippen LogP contribution in [0.15, 0.2) is 16.7 Å². The van der Waals surface area contributed by atoms with Crippen LogP contribution in [-0.2, 0) is 0 Å². The summed E-state index contributed by atoms with van der Waals surface area (Å²) in [6.45, 7) is 0. The van der Waals surface area contributed by atoms with E-state index in [2.05, 4.69) is 20.9 Å². The molecule has 3 nitrogen and oxygen atoms in total. The van der Waals surface area contributed by atoms with E-state index in [1.165, 1.54) is 32.1 Å². The Labute approximate surface area is 128 Å². The van der Waals surface area contributed by atoms with Gasteiger partial charge in [0.25, 0.3) is 5.91 Å². The Morgan fingerprint density at radius 1 is 1.20 bits per heavy atom. The molecular weight excluding hydrogens is 316 g/mol. The summed E-state index contributed by atoms with van der Waals surface area (Å²) in [5, 5.41) is 0. The average molecular weight is 337 g/mol. The molecule has 0 spiro atoms. The second-order valence-corrected chi connectivity index (χ2v) is 7.98. The summed E-state index contributed by atoms with van der Waals surface area (Å²) in [6.07, 6.45) is 8.69. The van der Waals surface area contributed by atoms with Gasteiger partial charge in [-0.1, -0.05) is 0 Å². The number of aromatic nitrogens is 1. The molecule has 1 heterocycles. The molecule has 1 aromatic heterocycles. The third kappa shape index (κ3) is 1.95. The van der Waals surface area contributed by atoms with Crippen molar-refractivity contribution in [1.82, 2.24) is 9.88 Å². The van der Waals surface area contributed by atoms with Crippen molar-refractivity contribution in [3.05, 3.63) is 22.4 Å². The van der Waals surface area contributed by atoms with Crippen LogP contribution in [0.25, 0.3) is 0 Å². The summed E-state index contributed by atoms with van der Waals surface area (Å²) in [6, 6.07) is 2.35. The number of H-pyrrole nitrogens is 1. The van der Waals surface area contributed by atoms with Crippen LogP contribution in [-0.4, -0.2) is 28.9 Å². The number of carbonyl (C=O) groups is 1. The molecule has 1 aromatic rings. The number of hydrogen-bond acceptors (Lipinski definition) is 1. The minimum absolute atomic E-state index is 0.146. The number of carbonyl (C=O) groups excluding carboxylic acids is 1. The Morgan fingerprint density at radius 2 is 1.80 bits per heavy atom. The van der Waals surface area contributed by atoms with E-state index in [4.69, 9.17) is 0 Å². The van der Waals surface area contributed by atoms with Crippen LogP contribution < -0.4 is 0 Å². The van der Waals surface area contributed by atoms with Crippen LogP contribution in [0.1, 0.15) is 42.6 Å². The molecule has 4 fully saturated rings. The van der Waals surface area contributed by atoms with Crippen molar-refractivity contribution in [2.75, 3.05) is 7.05 Å². The fourth-order valence-corrected chi connectivity index (χ4v) is 5.69. The second-order valence-electron chi connectivity index (χ2n) is 7.07. The van der Waals surface area contributed by atoms with Gasteiger partial charge < -0.3 is 9.88 Å². The fourth-order valence-electron chi connectivity index (χ4n) is 5.35. The van der Waals surface area contributed by atoms with E-state index in [-0.39, 0.29) is 5.91 Å². The molecule has 0 aromatic carbocycles. The lowest BCUT2D eigenvalue weighted by Gasteiger charge is -2.56. The predicted octanol–water partition coefficient (Wildman–Crippen LogP) is 3.67. The van der Waals surface area contributed by atoms with Gasteiger partial charge in [-0.2, -0.15) is 0 Å². The molecule has 4 aliphatic carbocycles. The van der Waals surface area contributed by atoms with Gasteiger partial charge in [-0.05, 0) is 77.8 Å². The highest BCUT2D eigenvalue weighted by Gasteiger charge is 2.50. The third-order valence-corrected chi connectivity index (χ3v) is 6.28. The zero-order chi connectivity index (χ0) is 13.9. The number of nitrogens with one attached hydrogen (secondary N) is 1. The Bertz CT molecular complexity index is 510. The summed E-state index contributed by atoms with van der Waals surface area (Å²) in [5.74, 6) is 3.55. The lowest BCUT2D eigenvalue weighted by Crippen LogP contribution is -2.56. The van der Waals surface area contributed by atoms with E-state index in [1.54, 1.807) is 0 Å². The molecule has 0 atom stereocenters. The number of halogens is 1. The first-order valence-electron chi connectivity index (χ1n) is 7.73. The van der Waals surface area contributed by atoms with Crippen molar-refractivity contribution < 1.29 is 4.79 Å². The highest BCUT2D eigenvalue weighted by Crippen LogP contribution is 2.55. The van der Waals surface area contributed by atoms with Crippen molar-refractivity contribution in [1.29, 1.82) is 0 Å². The average Bonchev–Trinajstić information content (AvgIpc) is 2.83. The molecule has 4 saturated carbocycles. The highest BCUT2D eigenvalue weighted by molar-refractivity contribution is 9.10. The van der Waals surface area contributed by atoms with E-state index < -0.39 is 0 Å². The normalized spacial score (nSPS) is 38.2. The predicted molar refractivity (Wildman–Crippen MR) is 81.4 cm³/mol. The Hall–Kier alpha value is -0.770. The molecule has 4 aliphatic rings. The first kappa shape index (κ1) is 12.9. The smallest absolute Gasteiger partial charge is 0.270 e. The largest absolute Gasteiger partial charge is 0.356 e. The molecule has 5 rings (SSSR count). The summed E-state index contributed by atoms with van der Waals surface area (Å²) < 4.78 is 0.944. The van der Waals surface area contributed by atoms with Crippen molar-refractivity contribution in [2.24, 2.45) is 23.7 Å². The maximum atomic E-state index is 12.7. The minimum Gasteiger partial charge on any atom is -0.356 e. The molecule has 4 bridgehead atoms. The van der Waals surface area contributed by atoms with Gasteiger partial charge in [-0.25, -0.2) is 0 Å². The van der Waals surface area contributed by atoms with Crippen molar-refractivity contribution >= 4 is 21.8 Å². The van der Waals surface area contributed by atoms with Crippen LogP contribution in [0, 0.1) is 23.7 Å². The molecule has 0 aliphatic heterocycles. The van der Waals surface area contributed by atoms with Gasteiger partial charge >= 0.3 is 0 Å². The molecule has 108 valence electrons. The molecule has 1 N–H and O–H groups in total. The number of aromatic amines is 1. The Balaban J connectivity index is 1.56. The van der Waals surface area contributed by atoms with Crippen molar-refractivity contribution in [3.63, 3.8) is 0 Å². The summed E-state index contributed by atoms with van der Waals surface area (Å²) >= 11 is 3.41. The molecule has 1 amide bonds. The van der Waals surface area contributed by atoms with E-state index in [0.29, 0.717) is 11.7 Å². The molecular formula is C16H21BrN2O. The van der Waals surface area contributed by atoms with Crippen molar-refractivity contribution in [2.45, 2.75) is 38.1 Å². The first-order valence-corrected chi connectivity index (χ1v) is 8.52. The van der Waals surface area contributed by atoms with Crippen LogP contribution in [0.4, 0.5) is 0 Å². The van der Waals surface area contributed by atoms with Gasteiger partial charge in [0.15, 0.2) is 0 Å². The number of nitrogens with zero attached hydrogens (tertiary/aromatic N) is 1. The van der Waals surface area contributed by atoms with Gasteiger partial charge in [-0.3, -0.25) is 4.79 Å². The van der Waals surface area contributed by atoms with Crippen LogP contribution in [0.2, 0.25) is 0 Å². The summed E-state index contributed by atoms with van der Waals surface area (Å²) in [4.78, 5) is 17.8. The number of hydrogen-bond donors (Lipinski definition) is 1. The standard InChI is InChI=1S/C16H21BrN2O/c1-19(16(20)14-7-13(17)8-18-14)15-11-3-9-2-10(5-11)6-12(15)4-9/h7-12,15,18H,2-6H2,1H3. The quantitative estimate of drug-likeness (QED) is 0.878. The molecule has 4 heteroatoms. The third-order valence-electron chi connectivity index (χ3n) is 5.82. The van der Waals surface area contributed by atoms with Gasteiger partial charge in [0.1, 0.15) is 5.69 Å². The topological polar surface area (TPSA) is 36.1 Å². The Kier molecular flexibility index (Phi) is 2.99. The highest BCUT2D eigenvalue weighted by atomic mass is 79.9. The van der Waals surface area contributed by atoms with Crippen LogP contribution in [0.3, 0.4) is 0 Å². The lowest BCUT2D eigenvalue weighted by atomic mass is 9.54. The molecule has 0 radical (unpaired) electrons. The molecule has 0 saturated heterocycles. The summed E-state index contributed by atoms with van der Waals surface area (Å²) in [7, 11) is 2.00. The van der Waals surface area contributed by atoms with Gasteiger partial charge in [0.05, 0.1) is 0 Å². The second kappa shape index (κ2) is 4.62. The summed E-state index contributed by atoms with van der Waals surface area (Å²) in [5.41, 5.74) is 0.702. The zero-order valence-electron chi connectivity index (χ0n) is 11.8. The van der Waals surface area contributed by atoms with Gasteiger partial charge in [0, 0.05) is 23.8 Å². The fraction of sp³-hybridized carbons (Fsp3) is 0.688.